The fraction of sp³-hybridized carbons (Fsp3) is 0.429. The number of aromatic nitrogens is 2. The maximum atomic E-state index is 12.1. The smallest absolute Gasteiger partial charge is 0.272 e. The van der Waals surface area contributed by atoms with Crippen LogP contribution in [0.3, 0.4) is 0 Å². The second-order valence-electron chi connectivity index (χ2n) is 5.10. The standard InChI is InChI=1S/C14H17BrN4OS/c15-10-6-12(21-9-10)8-17-14(20)13-3-5-19(18-13)11-2-1-4-16-7-11/h3,5-6,9,11,16H,1-2,4,7-8H2,(H,17,20). The third-order valence-corrected chi connectivity index (χ3v) is 5.23. The summed E-state index contributed by atoms with van der Waals surface area (Å²) in [6, 6.07) is 4.15. The van der Waals surface area contributed by atoms with Gasteiger partial charge >= 0.3 is 0 Å². The molecule has 1 fully saturated rings. The molecule has 5 nitrogen and oxygen atoms in total. The van der Waals surface area contributed by atoms with Gasteiger partial charge in [0.1, 0.15) is 5.69 Å². The van der Waals surface area contributed by atoms with Crippen molar-refractivity contribution >= 4 is 33.2 Å². The number of hydrogen-bond acceptors (Lipinski definition) is 4. The van der Waals surface area contributed by atoms with Crippen LogP contribution < -0.4 is 10.6 Å². The summed E-state index contributed by atoms with van der Waals surface area (Å²) in [5.74, 6) is -0.123. The summed E-state index contributed by atoms with van der Waals surface area (Å²) in [5.41, 5.74) is 0.483. The van der Waals surface area contributed by atoms with Crippen LogP contribution >= 0.6 is 27.3 Å². The highest BCUT2D eigenvalue weighted by molar-refractivity contribution is 9.10. The molecule has 1 atom stereocenters. The molecule has 1 amide bonds. The average molecular weight is 369 g/mol. The molecule has 1 saturated heterocycles. The summed E-state index contributed by atoms with van der Waals surface area (Å²) < 4.78 is 2.95. The number of nitrogens with zero attached hydrogens (tertiary/aromatic N) is 2. The van der Waals surface area contributed by atoms with Crippen LogP contribution in [0.25, 0.3) is 0 Å². The zero-order chi connectivity index (χ0) is 14.7. The molecule has 2 aromatic heterocycles. The fourth-order valence-electron chi connectivity index (χ4n) is 2.43. The van der Waals surface area contributed by atoms with Crippen molar-refractivity contribution in [3.05, 3.63) is 38.8 Å². The first-order valence-corrected chi connectivity index (χ1v) is 8.66. The Balaban J connectivity index is 1.58. The summed E-state index contributed by atoms with van der Waals surface area (Å²) >= 11 is 5.03. The van der Waals surface area contributed by atoms with Gasteiger partial charge in [0.05, 0.1) is 12.6 Å². The molecule has 2 aromatic rings. The Labute approximate surface area is 135 Å². The lowest BCUT2D eigenvalue weighted by Gasteiger charge is -2.22. The van der Waals surface area contributed by atoms with Gasteiger partial charge in [-0.15, -0.1) is 11.3 Å². The van der Waals surface area contributed by atoms with Crippen LogP contribution in [0, 0.1) is 0 Å². The van der Waals surface area contributed by atoms with Crippen molar-refractivity contribution in [2.45, 2.75) is 25.4 Å². The van der Waals surface area contributed by atoms with E-state index in [4.69, 9.17) is 0 Å². The molecule has 0 saturated carbocycles. The van der Waals surface area contributed by atoms with Crippen molar-refractivity contribution in [2.24, 2.45) is 0 Å². The number of piperidine rings is 1. The Morgan fingerprint density at radius 3 is 3.24 bits per heavy atom. The van der Waals surface area contributed by atoms with Gasteiger partial charge in [-0.3, -0.25) is 9.48 Å². The number of hydrogen-bond donors (Lipinski definition) is 2. The Morgan fingerprint density at radius 2 is 2.52 bits per heavy atom. The van der Waals surface area contributed by atoms with Crippen LogP contribution in [-0.4, -0.2) is 28.8 Å². The Kier molecular flexibility index (Phi) is 4.72. The molecule has 3 rings (SSSR count). The number of halogens is 1. The molecule has 0 aromatic carbocycles. The molecule has 3 heterocycles. The van der Waals surface area contributed by atoms with Gasteiger partial charge in [-0.05, 0) is 47.4 Å². The average Bonchev–Trinajstić information content (AvgIpc) is 3.15. The molecule has 112 valence electrons. The normalized spacial score (nSPS) is 18.6. The van der Waals surface area contributed by atoms with E-state index in [2.05, 4.69) is 31.7 Å². The van der Waals surface area contributed by atoms with Crippen molar-refractivity contribution in [2.75, 3.05) is 13.1 Å². The number of nitrogens with one attached hydrogen (secondary N) is 2. The minimum atomic E-state index is -0.123. The van der Waals surface area contributed by atoms with Crippen molar-refractivity contribution in [3.63, 3.8) is 0 Å². The summed E-state index contributed by atoms with van der Waals surface area (Å²) in [6.45, 7) is 2.53. The molecule has 0 spiro atoms. The lowest BCUT2D eigenvalue weighted by atomic mass is 10.1. The Bertz CT molecular complexity index is 618. The van der Waals surface area contributed by atoms with E-state index in [0.29, 0.717) is 18.3 Å². The van der Waals surface area contributed by atoms with Crippen LogP contribution in [0.4, 0.5) is 0 Å². The topological polar surface area (TPSA) is 59.0 Å². The molecule has 21 heavy (non-hydrogen) atoms. The summed E-state index contributed by atoms with van der Waals surface area (Å²) in [4.78, 5) is 13.2. The lowest BCUT2D eigenvalue weighted by Crippen LogP contribution is -2.32. The van der Waals surface area contributed by atoms with Crippen molar-refractivity contribution in [3.8, 4) is 0 Å². The summed E-state index contributed by atoms with van der Waals surface area (Å²) in [6.07, 6.45) is 4.16. The predicted molar refractivity (Wildman–Crippen MR) is 86.6 cm³/mol. The third kappa shape index (κ3) is 3.72. The van der Waals surface area contributed by atoms with Crippen LogP contribution in [0.15, 0.2) is 28.2 Å². The second kappa shape index (κ2) is 6.72. The number of carbonyl (C=O) groups excluding carboxylic acids is 1. The van der Waals surface area contributed by atoms with Crippen molar-refractivity contribution in [1.82, 2.24) is 20.4 Å². The van der Waals surface area contributed by atoms with Gasteiger partial charge in [-0.25, -0.2) is 0 Å². The predicted octanol–water partition coefficient (Wildman–Crippen LogP) is 2.56. The molecular weight excluding hydrogens is 352 g/mol. The van der Waals surface area contributed by atoms with E-state index in [1.807, 2.05) is 22.3 Å². The minimum absolute atomic E-state index is 0.123. The van der Waals surface area contributed by atoms with Crippen molar-refractivity contribution in [1.29, 1.82) is 0 Å². The van der Waals surface area contributed by atoms with Crippen molar-refractivity contribution < 1.29 is 4.79 Å². The van der Waals surface area contributed by atoms with Crippen LogP contribution in [0.1, 0.15) is 34.2 Å². The molecule has 1 aliphatic rings. The van der Waals surface area contributed by atoms with E-state index in [1.54, 1.807) is 17.4 Å². The van der Waals surface area contributed by atoms with Gasteiger partial charge in [0.2, 0.25) is 0 Å². The first-order valence-electron chi connectivity index (χ1n) is 6.99. The van der Waals surface area contributed by atoms with E-state index in [1.165, 1.54) is 0 Å². The fourth-order valence-corrected chi connectivity index (χ4v) is 3.82. The molecule has 1 aliphatic heterocycles. The first-order chi connectivity index (χ1) is 10.2. The quantitative estimate of drug-likeness (QED) is 0.871. The van der Waals surface area contributed by atoms with Gasteiger partial charge in [0, 0.05) is 27.5 Å². The zero-order valence-corrected chi connectivity index (χ0v) is 13.9. The van der Waals surface area contributed by atoms with E-state index < -0.39 is 0 Å². The molecule has 0 aliphatic carbocycles. The summed E-state index contributed by atoms with van der Waals surface area (Å²) in [5, 5.41) is 12.7. The maximum Gasteiger partial charge on any atom is 0.272 e. The largest absolute Gasteiger partial charge is 0.346 e. The SMILES string of the molecule is O=C(NCc1cc(Br)cs1)c1ccn(C2CCCNC2)n1. The van der Waals surface area contributed by atoms with Crippen LogP contribution in [-0.2, 0) is 6.54 Å². The Hall–Kier alpha value is -1.18. The second-order valence-corrected chi connectivity index (χ2v) is 7.01. The van der Waals surface area contributed by atoms with Gasteiger partial charge in [0.15, 0.2) is 0 Å². The van der Waals surface area contributed by atoms with E-state index in [0.717, 1.165) is 35.3 Å². The molecule has 1 unspecified atom stereocenters. The maximum absolute atomic E-state index is 12.1. The van der Waals surface area contributed by atoms with E-state index in [-0.39, 0.29) is 5.91 Å². The lowest BCUT2D eigenvalue weighted by molar-refractivity contribution is 0.0945. The van der Waals surface area contributed by atoms with Gasteiger partial charge in [-0.1, -0.05) is 0 Å². The molecule has 0 bridgehead atoms. The minimum Gasteiger partial charge on any atom is -0.346 e. The Morgan fingerprint density at radius 1 is 1.62 bits per heavy atom. The highest BCUT2D eigenvalue weighted by Gasteiger charge is 2.17. The van der Waals surface area contributed by atoms with E-state index >= 15 is 0 Å². The number of amides is 1. The molecular formula is C14H17BrN4OS. The van der Waals surface area contributed by atoms with Crippen LogP contribution in [0.5, 0.6) is 0 Å². The third-order valence-electron chi connectivity index (χ3n) is 3.53. The molecule has 2 N–H and O–H groups in total. The highest BCUT2D eigenvalue weighted by atomic mass is 79.9. The first kappa shape index (κ1) is 14.7. The highest BCUT2D eigenvalue weighted by Crippen LogP contribution is 2.19. The monoisotopic (exact) mass is 368 g/mol. The van der Waals surface area contributed by atoms with Gasteiger partial charge < -0.3 is 10.6 Å². The summed E-state index contributed by atoms with van der Waals surface area (Å²) in [7, 11) is 0. The number of rotatable bonds is 4. The number of thiophene rings is 1. The zero-order valence-electron chi connectivity index (χ0n) is 11.5. The number of carbonyl (C=O) groups is 1. The van der Waals surface area contributed by atoms with Gasteiger partial charge in [-0.2, -0.15) is 5.10 Å². The van der Waals surface area contributed by atoms with Gasteiger partial charge in [0.25, 0.3) is 5.91 Å². The molecule has 7 heteroatoms. The molecule has 0 radical (unpaired) electrons. The van der Waals surface area contributed by atoms with E-state index in [9.17, 15) is 4.79 Å². The van der Waals surface area contributed by atoms with Crippen LogP contribution in [0.2, 0.25) is 0 Å².